The highest BCUT2D eigenvalue weighted by Crippen LogP contribution is 1.89. The van der Waals surface area contributed by atoms with Crippen molar-refractivity contribution >= 4 is 9.84 Å². The summed E-state index contributed by atoms with van der Waals surface area (Å²) in [6.07, 6.45) is 1.20. The first-order chi connectivity index (χ1) is 3.48. The molecule has 1 unspecified atom stereocenters. The molecule has 0 aromatic heterocycles. The summed E-state index contributed by atoms with van der Waals surface area (Å²) < 4.78 is 21.0. The van der Waals surface area contributed by atoms with E-state index in [0.717, 1.165) is 0 Å². The maximum absolute atomic E-state index is 10.5. The molecular formula is C4H11NO2S. The minimum atomic E-state index is -2.86. The largest absolute Gasteiger partial charge is 0.304 e. The van der Waals surface area contributed by atoms with Crippen molar-refractivity contribution in [2.24, 2.45) is 0 Å². The summed E-state index contributed by atoms with van der Waals surface area (Å²) in [5.74, 6) is 0. The topological polar surface area (TPSA) is 46.2 Å². The summed E-state index contributed by atoms with van der Waals surface area (Å²) in [6, 6.07) is 0. The van der Waals surface area contributed by atoms with Crippen LogP contribution in [0.4, 0.5) is 0 Å². The molecule has 0 heterocycles. The Labute approximate surface area is 50.0 Å². The quantitative estimate of drug-likeness (QED) is 0.563. The summed E-state index contributed by atoms with van der Waals surface area (Å²) in [7, 11) is -1.25. The van der Waals surface area contributed by atoms with Crippen molar-refractivity contribution in [1.29, 1.82) is 0 Å². The lowest BCUT2D eigenvalue weighted by molar-refractivity contribution is 0.579. The Balaban J connectivity index is 4.04. The minimum Gasteiger partial charge on any atom is -0.304 e. The Morgan fingerprint density at radius 3 is 1.88 bits per heavy atom. The van der Waals surface area contributed by atoms with Crippen LogP contribution in [-0.2, 0) is 9.84 Å². The SMILES string of the molecule is CNC(C)S(C)(=O)=O. The minimum absolute atomic E-state index is 0.428. The monoisotopic (exact) mass is 137 g/mol. The van der Waals surface area contributed by atoms with Gasteiger partial charge in [-0.15, -0.1) is 0 Å². The van der Waals surface area contributed by atoms with Crippen LogP contribution in [0.15, 0.2) is 0 Å². The molecule has 0 aliphatic heterocycles. The molecular weight excluding hydrogens is 126 g/mol. The van der Waals surface area contributed by atoms with Gasteiger partial charge in [-0.2, -0.15) is 0 Å². The first-order valence-corrected chi connectivity index (χ1v) is 4.30. The molecule has 8 heavy (non-hydrogen) atoms. The fourth-order valence-corrected chi connectivity index (χ4v) is 0.642. The summed E-state index contributed by atoms with van der Waals surface area (Å²) in [5.41, 5.74) is 0. The van der Waals surface area contributed by atoms with Crippen molar-refractivity contribution in [3.05, 3.63) is 0 Å². The normalized spacial score (nSPS) is 15.9. The highest BCUT2D eigenvalue weighted by atomic mass is 32.2. The highest BCUT2D eigenvalue weighted by molar-refractivity contribution is 7.91. The molecule has 0 fully saturated rings. The molecule has 0 saturated carbocycles. The Hall–Kier alpha value is -0.0900. The standard InChI is InChI=1S/C4H11NO2S/c1-4(5-2)8(3,6)7/h4-5H,1-3H3. The average Bonchev–Trinajstić information content (AvgIpc) is 1.62. The van der Waals surface area contributed by atoms with Crippen molar-refractivity contribution < 1.29 is 8.42 Å². The predicted molar refractivity (Wildman–Crippen MR) is 33.4 cm³/mol. The molecule has 3 nitrogen and oxygen atoms in total. The molecule has 50 valence electrons. The lowest BCUT2D eigenvalue weighted by Crippen LogP contribution is -2.29. The van der Waals surface area contributed by atoms with Gasteiger partial charge in [0.25, 0.3) is 0 Å². The van der Waals surface area contributed by atoms with Gasteiger partial charge in [0, 0.05) is 6.26 Å². The van der Waals surface area contributed by atoms with Crippen LogP contribution < -0.4 is 5.32 Å². The van der Waals surface area contributed by atoms with Gasteiger partial charge in [-0.1, -0.05) is 0 Å². The molecule has 0 saturated heterocycles. The third-order valence-corrected chi connectivity index (χ3v) is 2.57. The molecule has 0 radical (unpaired) electrons. The van der Waals surface area contributed by atoms with Gasteiger partial charge >= 0.3 is 0 Å². The fraction of sp³-hybridized carbons (Fsp3) is 1.00. The van der Waals surface area contributed by atoms with Crippen molar-refractivity contribution in [2.45, 2.75) is 12.3 Å². The van der Waals surface area contributed by atoms with Crippen LogP contribution in [0.25, 0.3) is 0 Å². The summed E-state index contributed by atoms with van der Waals surface area (Å²) in [4.78, 5) is 0. The maximum atomic E-state index is 10.5. The first-order valence-electron chi connectivity index (χ1n) is 2.34. The molecule has 0 aromatic rings. The Bertz CT molecular complexity index is 149. The third-order valence-electron chi connectivity index (χ3n) is 1.05. The number of nitrogens with one attached hydrogen (secondary N) is 1. The Kier molecular flexibility index (Phi) is 2.43. The molecule has 4 heteroatoms. The van der Waals surface area contributed by atoms with E-state index >= 15 is 0 Å². The third kappa shape index (κ3) is 2.28. The zero-order chi connectivity index (χ0) is 6.78. The van der Waals surface area contributed by atoms with Gasteiger partial charge in [-0.25, -0.2) is 8.42 Å². The van der Waals surface area contributed by atoms with E-state index < -0.39 is 15.2 Å². The first kappa shape index (κ1) is 7.91. The lowest BCUT2D eigenvalue weighted by atomic mass is 10.8. The van der Waals surface area contributed by atoms with E-state index in [0.29, 0.717) is 0 Å². The summed E-state index contributed by atoms with van der Waals surface area (Å²) in [5, 5.41) is 2.19. The van der Waals surface area contributed by atoms with Crippen LogP contribution >= 0.6 is 0 Å². The Morgan fingerprint density at radius 2 is 1.88 bits per heavy atom. The van der Waals surface area contributed by atoms with E-state index in [-0.39, 0.29) is 0 Å². The van der Waals surface area contributed by atoms with Gasteiger partial charge in [0.1, 0.15) is 5.37 Å². The predicted octanol–water partition coefficient (Wildman–Crippen LogP) is -0.404. The molecule has 0 spiro atoms. The van der Waals surface area contributed by atoms with Crippen LogP contribution in [0.1, 0.15) is 6.92 Å². The lowest BCUT2D eigenvalue weighted by Gasteiger charge is -2.04. The summed E-state index contributed by atoms with van der Waals surface area (Å²) in [6.45, 7) is 1.61. The second-order valence-corrected chi connectivity index (χ2v) is 4.13. The van der Waals surface area contributed by atoms with Gasteiger partial charge in [-0.3, -0.25) is 0 Å². The molecule has 0 aromatic carbocycles. The van der Waals surface area contributed by atoms with E-state index in [2.05, 4.69) is 5.32 Å². The average molecular weight is 137 g/mol. The van der Waals surface area contributed by atoms with Gasteiger partial charge in [0.05, 0.1) is 0 Å². The van der Waals surface area contributed by atoms with Crippen molar-refractivity contribution in [1.82, 2.24) is 5.32 Å². The van der Waals surface area contributed by atoms with Crippen LogP contribution in [0.2, 0.25) is 0 Å². The molecule has 0 amide bonds. The molecule has 0 bridgehead atoms. The van der Waals surface area contributed by atoms with Crippen molar-refractivity contribution in [3.8, 4) is 0 Å². The van der Waals surface area contributed by atoms with Crippen molar-refractivity contribution in [3.63, 3.8) is 0 Å². The highest BCUT2D eigenvalue weighted by Gasteiger charge is 2.09. The van der Waals surface area contributed by atoms with Crippen LogP contribution in [0, 0.1) is 0 Å². The van der Waals surface area contributed by atoms with E-state index in [1.54, 1.807) is 14.0 Å². The number of hydrogen-bond acceptors (Lipinski definition) is 3. The van der Waals surface area contributed by atoms with E-state index in [9.17, 15) is 8.42 Å². The smallest absolute Gasteiger partial charge is 0.162 e. The number of sulfone groups is 1. The fourth-order valence-electron chi connectivity index (χ4n) is 0.214. The Morgan fingerprint density at radius 1 is 1.50 bits per heavy atom. The van der Waals surface area contributed by atoms with Gasteiger partial charge in [0.15, 0.2) is 9.84 Å². The van der Waals surface area contributed by atoms with Crippen LogP contribution in [-0.4, -0.2) is 27.1 Å². The van der Waals surface area contributed by atoms with E-state index in [1.165, 1.54) is 6.26 Å². The number of hydrogen-bond donors (Lipinski definition) is 1. The maximum Gasteiger partial charge on any atom is 0.162 e. The molecule has 1 N–H and O–H groups in total. The zero-order valence-electron chi connectivity index (χ0n) is 5.30. The van der Waals surface area contributed by atoms with Crippen LogP contribution in [0.3, 0.4) is 0 Å². The molecule has 0 aliphatic carbocycles. The van der Waals surface area contributed by atoms with Gasteiger partial charge < -0.3 is 5.32 Å². The van der Waals surface area contributed by atoms with E-state index in [1.807, 2.05) is 0 Å². The molecule has 0 rings (SSSR count). The number of rotatable bonds is 2. The molecule has 0 aliphatic rings. The molecule has 1 atom stereocenters. The van der Waals surface area contributed by atoms with Crippen molar-refractivity contribution in [2.75, 3.05) is 13.3 Å². The van der Waals surface area contributed by atoms with E-state index in [4.69, 9.17) is 0 Å². The second kappa shape index (κ2) is 2.46. The second-order valence-electron chi connectivity index (χ2n) is 1.76. The van der Waals surface area contributed by atoms with Gasteiger partial charge in [0.2, 0.25) is 0 Å². The van der Waals surface area contributed by atoms with Crippen LogP contribution in [0.5, 0.6) is 0 Å². The summed E-state index contributed by atoms with van der Waals surface area (Å²) >= 11 is 0. The van der Waals surface area contributed by atoms with Gasteiger partial charge in [-0.05, 0) is 14.0 Å². The zero-order valence-corrected chi connectivity index (χ0v) is 6.12.